The Kier molecular flexibility index (Phi) is 7.34. The zero-order valence-electron chi connectivity index (χ0n) is 15.9. The Balaban J connectivity index is 1.97. The average Bonchev–Trinajstić information content (AvgIpc) is 2.62. The standard InChI is InChI=1S/C21H25FN2O3/c1-15(2)27-20-7-5-4-6-19(20)24(16(3)25)13-12-21(26)23-14-17-8-10-18(22)11-9-17/h4-11,15H,12-14H2,1-3H3,(H,23,26). The van der Waals surface area contributed by atoms with Crippen LogP contribution in [0, 0.1) is 5.82 Å². The molecule has 0 saturated carbocycles. The van der Waals surface area contributed by atoms with Crippen molar-refractivity contribution in [3.63, 3.8) is 0 Å². The molecule has 2 rings (SSSR count). The first-order valence-electron chi connectivity index (χ1n) is 8.91. The summed E-state index contributed by atoms with van der Waals surface area (Å²) in [5.41, 5.74) is 1.45. The van der Waals surface area contributed by atoms with Crippen molar-refractivity contribution in [2.24, 2.45) is 0 Å². The summed E-state index contributed by atoms with van der Waals surface area (Å²) in [6, 6.07) is 13.2. The number of rotatable bonds is 8. The summed E-state index contributed by atoms with van der Waals surface area (Å²) in [4.78, 5) is 25.8. The number of nitrogens with zero attached hydrogens (tertiary/aromatic N) is 1. The van der Waals surface area contributed by atoms with Crippen LogP contribution in [0.1, 0.15) is 32.8 Å². The molecular weight excluding hydrogens is 347 g/mol. The number of ether oxygens (including phenoxy) is 1. The van der Waals surface area contributed by atoms with E-state index in [1.165, 1.54) is 24.0 Å². The van der Waals surface area contributed by atoms with Gasteiger partial charge in [-0.1, -0.05) is 24.3 Å². The zero-order valence-corrected chi connectivity index (χ0v) is 15.9. The number of hydrogen-bond acceptors (Lipinski definition) is 3. The third-order valence-corrected chi connectivity index (χ3v) is 3.86. The van der Waals surface area contributed by atoms with E-state index in [-0.39, 0.29) is 36.7 Å². The SMILES string of the molecule is CC(=O)N(CCC(=O)NCc1ccc(F)cc1)c1ccccc1OC(C)C. The van der Waals surface area contributed by atoms with Gasteiger partial charge in [0.25, 0.3) is 0 Å². The van der Waals surface area contributed by atoms with Gasteiger partial charge in [-0.2, -0.15) is 0 Å². The summed E-state index contributed by atoms with van der Waals surface area (Å²) in [5.74, 6) is -0.0622. The molecule has 144 valence electrons. The highest BCUT2D eigenvalue weighted by molar-refractivity contribution is 5.93. The van der Waals surface area contributed by atoms with Gasteiger partial charge >= 0.3 is 0 Å². The van der Waals surface area contributed by atoms with E-state index < -0.39 is 0 Å². The van der Waals surface area contributed by atoms with E-state index in [0.29, 0.717) is 18.0 Å². The van der Waals surface area contributed by atoms with Gasteiger partial charge in [0.15, 0.2) is 0 Å². The van der Waals surface area contributed by atoms with Crippen LogP contribution in [0.5, 0.6) is 5.75 Å². The minimum absolute atomic E-state index is 0.0287. The first-order chi connectivity index (χ1) is 12.9. The van der Waals surface area contributed by atoms with Gasteiger partial charge in [0.1, 0.15) is 11.6 Å². The Morgan fingerprint density at radius 2 is 1.78 bits per heavy atom. The van der Waals surface area contributed by atoms with E-state index in [1.807, 2.05) is 26.0 Å². The summed E-state index contributed by atoms with van der Waals surface area (Å²) in [5, 5.41) is 2.78. The molecule has 0 aliphatic heterocycles. The molecule has 0 fully saturated rings. The topological polar surface area (TPSA) is 58.6 Å². The number of hydrogen-bond donors (Lipinski definition) is 1. The van der Waals surface area contributed by atoms with Crippen molar-refractivity contribution in [2.75, 3.05) is 11.4 Å². The van der Waals surface area contributed by atoms with Crippen molar-refractivity contribution < 1.29 is 18.7 Å². The molecule has 2 amide bonds. The lowest BCUT2D eigenvalue weighted by molar-refractivity contribution is -0.121. The minimum Gasteiger partial charge on any atom is -0.489 e. The fraction of sp³-hybridized carbons (Fsp3) is 0.333. The van der Waals surface area contributed by atoms with Crippen LogP contribution in [0.4, 0.5) is 10.1 Å². The van der Waals surface area contributed by atoms with Crippen LogP contribution < -0.4 is 15.0 Å². The molecule has 0 aliphatic carbocycles. The molecule has 0 spiro atoms. The predicted molar refractivity (Wildman–Crippen MR) is 103 cm³/mol. The van der Waals surface area contributed by atoms with Crippen LogP contribution in [0.15, 0.2) is 48.5 Å². The molecule has 0 aromatic heterocycles. The largest absolute Gasteiger partial charge is 0.489 e. The van der Waals surface area contributed by atoms with Gasteiger partial charge in [-0.3, -0.25) is 9.59 Å². The minimum atomic E-state index is -0.315. The highest BCUT2D eigenvalue weighted by atomic mass is 19.1. The number of nitrogens with one attached hydrogen (secondary N) is 1. The highest BCUT2D eigenvalue weighted by Crippen LogP contribution is 2.29. The van der Waals surface area contributed by atoms with Gasteiger partial charge in [-0.15, -0.1) is 0 Å². The van der Waals surface area contributed by atoms with Gasteiger partial charge < -0.3 is 15.0 Å². The molecule has 0 heterocycles. The number of anilines is 1. The molecule has 5 nitrogen and oxygen atoms in total. The Bertz CT molecular complexity index is 775. The van der Waals surface area contributed by atoms with E-state index >= 15 is 0 Å². The summed E-state index contributed by atoms with van der Waals surface area (Å²) in [6.07, 6.45) is 0.121. The van der Waals surface area contributed by atoms with Gasteiger partial charge in [-0.05, 0) is 43.7 Å². The van der Waals surface area contributed by atoms with Gasteiger partial charge in [0.2, 0.25) is 11.8 Å². The lowest BCUT2D eigenvalue weighted by Crippen LogP contribution is -2.34. The van der Waals surface area contributed by atoms with Crippen molar-refractivity contribution in [1.29, 1.82) is 0 Å². The van der Waals surface area contributed by atoms with E-state index in [0.717, 1.165) is 5.56 Å². The summed E-state index contributed by atoms with van der Waals surface area (Å²) in [7, 11) is 0. The molecule has 1 N–H and O–H groups in total. The first-order valence-corrected chi connectivity index (χ1v) is 8.91. The van der Waals surface area contributed by atoms with E-state index in [2.05, 4.69) is 5.32 Å². The van der Waals surface area contributed by atoms with E-state index in [1.54, 1.807) is 24.3 Å². The maximum atomic E-state index is 12.9. The smallest absolute Gasteiger partial charge is 0.223 e. The van der Waals surface area contributed by atoms with Gasteiger partial charge in [0, 0.05) is 26.4 Å². The molecule has 0 atom stereocenters. The Hall–Kier alpha value is -2.89. The molecular formula is C21H25FN2O3. The molecule has 0 aliphatic rings. The summed E-state index contributed by atoms with van der Waals surface area (Å²) >= 11 is 0. The Morgan fingerprint density at radius 3 is 2.41 bits per heavy atom. The Morgan fingerprint density at radius 1 is 1.11 bits per heavy atom. The highest BCUT2D eigenvalue weighted by Gasteiger charge is 2.18. The fourth-order valence-corrected chi connectivity index (χ4v) is 2.59. The number of amides is 2. The molecule has 2 aromatic rings. The van der Waals surface area contributed by atoms with E-state index in [4.69, 9.17) is 4.74 Å². The van der Waals surface area contributed by atoms with Crippen LogP contribution >= 0.6 is 0 Å². The zero-order chi connectivity index (χ0) is 19.8. The fourth-order valence-electron chi connectivity index (χ4n) is 2.59. The van der Waals surface area contributed by atoms with Crippen molar-refractivity contribution in [2.45, 2.75) is 39.8 Å². The lowest BCUT2D eigenvalue weighted by Gasteiger charge is -2.24. The third kappa shape index (κ3) is 6.40. The van der Waals surface area contributed by atoms with Gasteiger partial charge in [-0.25, -0.2) is 4.39 Å². The second-order valence-electron chi connectivity index (χ2n) is 6.46. The van der Waals surface area contributed by atoms with Crippen LogP contribution in [-0.2, 0) is 16.1 Å². The van der Waals surface area contributed by atoms with Crippen molar-refractivity contribution in [3.05, 3.63) is 59.9 Å². The summed E-state index contributed by atoms with van der Waals surface area (Å²) < 4.78 is 18.7. The van der Waals surface area contributed by atoms with Crippen molar-refractivity contribution in [3.8, 4) is 5.75 Å². The van der Waals surface area contributed by atoms with Crippen LogP contribution in [0.3, 0.4) is 0 Å². The van der Waals surface area contributed by atoms with Crippen molar-refractivity contribution >= 4 is 17.5 Å². The monoisotopic (exact) mass is 372 g/mol. The summed E-state index contributed by atoms with van der Waals surface area (Å²) in [6.45, 7) is 5.84. The maximum Gasteiger partial charge on any atom is 0.223 e. The third-order valence-electron chi connectivity index (χ3n) is 3.86. The molecule has 2 aromatic carbocycles. The number of halogens is 1. The van der Waals surface area contributed by atoms with Gasteiger partial charge in [0.05, 0.1) is 11.8 Å². The molecule has 0 saturated heterocycles. The molecule has 0 radical (unpaired) electrons. The van der Waals surface area contributed by atoms with Crippen LogP contribution in [0.25, 0.3) is 0 Å². The molecule has 0 unspecified atom stereocenters. The Labute approximate surface area is 159 Å². The number of carbonyl (C=O) groups is 2. The first kappa shape index (κ1) is 20.4. The lowest BCUT2D eigenvalue weighted by atomic mass is 10.2. The van der Waals surface area contributed by atoms with Crippen LogP contribution in [0.2, 0.25) is 0 Å². The predicted octanol–water partition coefficient (Wildman–Crippen LogP) is 3.67. The number of para-hydroxylation sites is 2. The van der Waals surface area contributed by atoms with Crippen LogP contribution in [-0.4, -0.2) is 24.5 Å². The number of benzene rings is 2. The second kappa shape index (κ2) is 9.71. The molecule has 0 bridgehead atoms. The van der Waals surface area contributed by atoms with Crippen molar-refractivity contribution in [1.82, 2.24) is 5.32 Å². The quantitative estimate of drug-likeness (QED) is 0.769. The normalized spacial score (nSPS) is 10.6. The molecule has 6 heteroatoms. The average molecular weight is 372 g/mol. The second-order valence-corrected chi connectivity index (χ2v) is 6.46. The number of carbonyl (C=O) groups excluding carboxylic acids is 2. The molecule has 27 heavy (non-hydrogen) atoms. The van der Waals surface area contributed by atoms with E-state index in [9.17, 15) is 14.0 Å². The maximum absolute atomic E-state index is 12.9.